The first-order valence-corrected chi connectivity index (χ1v) is 12.9. The third kappa shape index (κ3) is 6.33. The molecule has 0 aliphatic rings. The van der Waals surface area contributed by atoms with Crippen molar-refractivity contribution in [2.45, 2.75) is 38.3 Å². The lowest BCUT2D eigenvalue weighted by Gasteiger charge is -2.19. The van der Waals surface area contributed by atoms with Gasteiger partial charge in [0.2, 0.25) is 0 Å². The number of hydrogen-bond acceptors (Lipinski definition) is 7. The normalized spacial score (nSPS) is 11.8. The van der Waals surface area contributed by atoms with Gasteiger partial charge in [0, 0.05) is 28.9 Å². The number of nitrogens with one attached hydrogen (secondary N) is 1. The summed E-state index contributed by atoms with van der Waals surface area (Å²) < 4.78 is 1.93. The molecule has 4 rings (SSSR count). The zero-order chi connectivity index (χ0) is 27.3. The highest BCUT2D eigenvalue weighted by Crippen LogP contribution is 2.30. The molecule has 0 aliphatic heterocycles. The van der Waals surface area contributed by atoms with Gasteiger partial charge in [-0.05, 0) is 30.0 Å². The summed E-state index contributed by atoms with van der Waals surface area (Å²) in [6, 6.07) is 24.1. The van der Waals surface area contributed by atoms with Crippen molar-refractivity contribution in [2.24, 2.45) is 5.10 Å². The van der Waals surface area contributed by atoms with Crippen molar-refractivity contribution in [2.75, 3.05) is 5.75 Å². The minimum Gasteiger partial charge on any atom is -0.272 e. The van der Waals surface area contributed by atoms with Crippen LogP contribution in [0.25, 0.3) is 17.1 Å². The molecule has 194 valence electrons. The number of carbonyl (C=O) groups is 1. The summed E-state index contributed by atoms with van der Waals surface area (Å²) in [6.45, 7) is 8.19. The van der Waals surface area contributed by atoms with E-state index in [4.69, 9.17) is 0 Å². The summed E-state index contributed by atoms with van der Waals surface area (Å²) in [4.78, 5) is 23.1. The van der Waals surface area contributed by atoms with Crippen molar-refractivity contribution in [3.8, 4) is 17.1 Å². The summed E-state index contributed by atoms with van der Waals surface area (Å²) >= 11 is 1.25. The number of carbonyl (C=O) groups excluding carboxylic acids is 1. The van der Waals surface area contributed by atoms with Crippen LogP contribution in [-0.2, 0) is 10.2 Å². The van der Waals surface area contributed by atoms with Crippen molar-refractivity contribution in [3.05, 3.63) is 100 Å². The Balaban J connectivity index is 1.52. The van der Waals surface area contributed by atoms with Gasteiger partial charge in [-0.2, -0.15) is 5.10 Å². The number of para-hydroxylation sites is 1. The Morgan fingerprint density at radius 3 is 2.39 bits per heavy atom. The highest BCUT2D eigenvalue weighted by Gasteiger charge is 2.19. The average Bonchev–Trinajstić information content (AvgIpc) is 3.34. The molecular weight excluding hydrogens is 500 g/mol. The molecule has 0 fully saturated rings. The Hall–Kier alpha value is -4.31. The van der Waals surface area contributed by atoms with Gasteiger partial charge in [0.05, 0.1) is 16.4 Å². The third-order valence-corrected chi connectivity index (χ3v) is 6.74. The number of amides is 1. The van der Waals surface area contributed by atoms with E-state index in [0.717, 1.165) is 11.3 Å². The van der Waals surface area contributed by atoms with E-state index in [1.165, 1.54) is 29.5 Å². The number of nitro groups is 1. The summed E-state index contributed by atoms with van der Waals surface area (Å²) in [7, 11) is 0. The van der Waals surface area contributed by atoms with Gasteiger partial charge < -0.3 is 0 Å². The predicted octanol–water partition coefficient (Wildman–Crippen LogP) is 5.77. The van der Waals surface area contributed by atoms with Crippen LogP contribution in [0, 0.1) is 10.1 Å². The molecule has 9 nitrogen and oxygen atoms in total. The number of non-ortho nitro benzene ring substituents is 1. The summed E-state index contributed by atoms with van der Waals surface area (Å²) in [5.41, 5.74) is 6.56. The highest BCUT2D eigenvalue weighted by atomic mass is 32.2. The Kier molecular flexibility index (Phi) is 8.02. The molecule has 3 aromatic carbocycles. The van der Waals surface area contributed by atoms with Crippen LogP contribution in [0.1, 0.15) is 38.8 Å². The maximum Gasteiger partial charge on any atom is 0.270 e. The molecule has 1 N–H and O–H groups in total. The number of rotatable bonds is 8. The Morgan fingerprint density at radius 1 is 1.03 bits per heavy atom. The number of nitro benzene ring substituents is 1. The fourth-order valence-corrected chi connectivity index (χ4v) is 4.44. The maximum atomic E-state index is 12.6. The van der Waals surface area contributed by atoms with Crippen molar-refractivity contribution in [1.82, 2.24) is 20.2 Å². The topological polar surface area (TPSA) is 115 Å². The number of nitrogens with zero attached hydrogens (tertiary/aromatic N) is 5. The molecule has 0 atom stereocenters. The lowest BCUT2D eigenvalue weighted by atomic mass is 9.87. The molecule has 0 bridgehead atoms. The van der Waals surface area contributed by atoms with Crippen molar-refractivity contribution in [3.63, 3.8) is 0 Å². The first-order valence-electron chi connectivity index (χ1n) is 12.0. The summed E-state index contributed by atoms with van der Waals surface area (Å²) in [5, 5.41) is 24.5. The van der Waals surface area contributed by atoms with E-state index < -0.39 is 4.92 Å². The molecule has 1 amide bonds. The second kappa shape index (κ2) is 11.4. The van der Waals surface area contributed by atoms with Gasteiger partial charge in [-0.1, -0.05) is 87.1 Å². The molecule has 10 heteroatoms. The molecule has 0 spiro atoms. The molecular formula is C28H28N6O3S. The SMILES string of the molecule is C/C(=N\NC(=O)CSc1nnc(-c2ccc(C(C)(C)C)cc2)n1-c1ccccc1)c1cccc([N+](=O)[O-])c1. The number of benzene rings is 3. The van der Waals surface area contributed by atoms with Crippen LogP contribution in [0.3, 0.4) is 0 Å². The van der Waals surface area contributed by atoms with Gasteiger partial charge in [-0.3, -0.25) is 19.5 Å². The molecule has 38 heavy (non-hydrogen) atoms. The largest absolute Gasteiger partial charge is 0.272 e. The van der Waals surface area contributed by atoms with Gasteiger partial charge in [0.15, 0.2) is 11.0 Å². The number of hydrazone groups is 1. The lowest BCUT2D eigenvalue weighted by molar-refractivity contribution is -0.384. The third-order valence-electron chi connectivity index (χ3n) is 5.81. The molecule has 1 aromatic heterocycles. The Bertz CT molecular complexity index is 1470. The number of hydrogen-bond donors (Lipinski definition) is 1. The van der Waals surface area contributed by atoms with Crippen LogP contribution < -0.4 is 5.43 Å². The van der Waals surface area contributed by atoms with E-state index in [-0.39, 0.29) is 22.8 Å². The fourth-order valence-electron chi connectivity index (χ4n) is 3.70. The van der Waals surface area contributed by atoms with Crippen LogP contribution in [0.5, 0.6) is 0 Å². The van der Waals surface area contributed by atoms with Crippen LogP contribution in [0.2, 0.25) is 0 Å². The molecule has 4 aromatic rings. The first kappa shape index (κ1) is 26.7. The molecule has 0 saturated carbocycles. The molecule has 1 heterocycles. The van der Waals surface area contributed by atoms with E-state index in [9.17, 15) is 14.9 Å². The standard InChI is InChI=1S/C28H28N6O3S/c1-19(21-9-8-12-24(17-21)34(36)37)29-30-25(35)18-38-27-32-31-26(33(27)23-10-6-5-7-11-23)20-13-15-22(16-14-20)28(2,3)4/h5-17H,18H2,1-4H3,(H,30,35)/b29-19+. The van der Waals surface area contributed by atoms with Crippen LogP contribution in [0.15, 0.2) is 89.1 Å². The fraction of sp³-hybridized carbons (Fsp3) is 0.214. The molecule has 0 radical (unpaired) electrons. The lowest BCUT2D eigenvalue weighted by Crippen LogP contribution is -2.21. The minimum absolute atomic E-state index is 0.0378. The van der Waals surface area contributed by atoms with Gasteiger partial charge in [0.1, 0.15) is 0 Å². The zero-order valence-electron chi connectivity index (χ0n) is 21.6. The van der Waals surface area contributed by atoms with Gasteiger partial charge in [0.25, 0.3) is 11.6 Å². The van der Waals surface area contributed by atoms with E-state index in [1.54, 1.807) is 19.1 Å². The Labute approximate surface area is 225 Å². The van der Waals surface area contributed by atoms with E-state index in [0.29, 0.717) is 22.3 Å². The molecule has 0 aliphatic carbocycles. The molecule has 0 saturated heterocycles. The van der Waals surface area contributed by atoms with Crippen LogP contribution in [-0.4, -0.2) is 37.1 Å². The van der Waals surface area contributed by atoms with Gasteiger partial charge >= 0.3 is 0 Å². The van der Waals surface area contributed by atoms with Crippen LogP contribution >= 0.6 is 11.8 Å². The average molecular weight is 529 g/mol. The monoisotopic (exact) mass is 528 g/mol. The number of thioether (sulfide) groups is 1. The first-order chi connectivity index (χ1) is 18.1. The zero-order valence-corrected chi connectivity index (χ0v) is 22.4. The van der Waals surface area contributed by atoms with Gasteiger partial charge in [-0.25, -0.2) is 5.43 Å². The van der Waals surface area contributed by atoms with Crippen LogP contribution in [0.4, 0.5) is 5.69 Å². The predicted molar refractivity (Wildman–Crippen MR) is 150 cm³/mol. The molecule has 0 unspecified atom stereocenters. The minimum atomic E-state index is -0.470. The smallest absolute Gasteiger partial charge is 0.270 e. The summed E-state index contributed by atoms with van der Waals surface area (Å²) in [5.74, 6) is 0.400. The van der Waals surface area contributed by atoms with E-state index >= 15 is 0 Å². The second-order valence-corrected chi connectivity index (χ2v) is 10.6. The summed E-state index contributed by atoms with van der Waals surface area (Å²) in [6.07, 6.45) is 0. The van der Waals surface area contributed by atoms with E-state index in [1.807, 2.05) is 47.0 Å². The van der Waals surface area contributed by atoms with E-state index in [2.05, 4.69) is 53.6 Å². The van der Waals surface area contributed by atoms with Crippen molar-refractivity contribution < 1.29 is 9.72 Å². The number of aromatic nitrogens is 3. The van der Waals surface area contributed by atoms with Crippen molar-refractivity contribution in [1.29, 1.82) is 0 Å². The quantitative estimate of drug-likeness (QED) is 0.134. The maximum absolute atomic E-state index is 12.6. The highest BCUT2D eigenvalue weighted by molar-refractivity contribution is 7.99. The van der Waals surface area contributed by atoms with Gasteiger partial charge in [-0.15, -0.1) is 10.2 Å². The second-order valence-electron chi connectivity index (χ2n) is 9.63. The van der Waals surface area contributed by atoms with Crippen molar-refractivity contribution >= 4 is 29.1 Å². The Morgan fingerprint density at radius 2 is 1.74 bits per heavy atom.